The number of amides is 1. The van der Waals surface area contributed by atoms with E-state index in [2.05, 4.69) is 31.8 Å². The number of carbonyl (C=O) groups excluding carboxylic acids is 1. The Morgan fingerprint density at radius 1 is 1.19 bits per heavy atom. The zero-order valence-corrected chi connectivity index (χ0v) is 16.3. The molecule has 4 rings (SSSR count). The van der Waals surface area contributed by atoms with Crippen LogP contribution in [0.3, 0.4) is 0 Å². The summed E-state index contributed by atoms with van der Waals surface area (Å²) >= 11 is 0. The van der Waals surface area contributed by atoms with Crippen LogP contribution in [-0.2, 0) is 24.9 Å². The molecule has 2 saturated heterocycles. The quantitative estimate of drug-likeness (QED) is 0.793. The van der Waals surface area contributed by atoms with Crippen LogP contribution in [0, 0.1) is 6.92 Å². The zero-order valence-electron chi connectivity index (χ0n) is 16.3. The van der Waals surface area contributed by atoms with Crippen LogP contribution in [0.15, 0.2) is 12.3 Å². The van der Waals surface area contributed by atoms with Crippen LogP contribution in [0.5, 0.6) is 0 Å². The van der Waals surface area contributed by atoms with Crippen LogP contribution in [0.1, 0.15) is 48.9 Å². The van der Waals surface area contributed by atoms with E-state index in [0.29, 0.717) is 6.54 Å². The van der Waals surface area contributed by atoms with Gasteiger partial charge in [-0.05, 0) is 51.8 Å². The second-order valence-electron chi connectivity index (χ2n) is 7.83. The normalized spacial score (nSPS) is 21.1. The molecule has 27 heavy (non-hydrogen) atoms. The van der Waals surface area contributed by atoms with E-state index in [1.54, 1.807) is 10.9 Å². The van der Waals surface area contributed by atoms with Gasteiger partial charge in [-0.15, -0.1) is 10.2 Å². The highest BCUT2D eigenvalue weighted by molar-refractivity contribution is 5.76. The van der Waals surface area contributed by atoms with Crippen LogP contribution < -0.4 is 0 Å². The van der Waals surface area contributed by atoms with Crippen molar-refractivity contribution in [3.8, 4) is 0 Å². The van der Waals surface area contributed by atoms with Gasteiger partial charge in [0.15, 0.2) is 0 Å². The zero-order chi connectivity index (χ0) is 18.8. The highest BCUT2D eigenvalue weighted by atomic mass is 16.2. The lowest BCUT2D eigenvalue weighted by atomic mass is 9.97. The predicted octanol–water partition coefficient (Wildman–Crippen LogP) is 1.32. The molecule has 1 atom stereocenters. The van der Waals surface area contributed by atoms with Gasteiger partial charge in [0.2, 0.25) is 5.91 Å². The van der Waals surface area contributed by atoms with Crippen molar-refractivity contribution in [2.75, 3.05) is 26.2 Å². The Kier molecular flexibility index (Phi) is 5.24. The molecule has 146 valence electrons. The monoisotopic (exact) mass is 371 g/mol. The molecule has 2 aliphatic rings. The number of rotatable bonds is 5. The fourth-order valence-electron chi connectivity index (χ4n) is 4.22. The SMILES string of the molecule is Cc1ccnn1CC(=O)N1CCC[C@@H](c2nnc(CN3CCCC3)n2C)C1. The third kappa shape index (κ3) is 3.90. The second kappa shape index (κ2) is 7.80. The molecule has 0 aromatic carbocycles. The Bertz CT molecular complexity index is 790. The molecule has 0 spiro atoms. The average molecular weight is 371 g/mol. The molecule has 0 aliphatic carbocycles. The summed E-state index contributed by atoms with van der Waals surface area (Å²) in [6, 6.07) is 1.92. The van der Waals surface area contributed by atoms with Gasteiger partial charge in [0.05, 0.1) is 6.54 Å². The molecule has 1 amide bonds. The maximum Gasteiger partial charge on any atom is 0.244 e. The lowest BCUT2D eigenvalue weighted by Gasteiger charge is -2.32. The molecule has 2 aromatic rings. The highest BCUT2D eigenvalue weighted by Crippen LogP contribution is 2.26. The number of piperidine rings is 1. The van der Waals surface area contributed by atoms with Gasteiger partial charge in [0, 0.05) is 37.9 Å². The van der Waals surface area contributed by atoms with E-state index in [0.717, 1.165) is 62.9 Å². The number of nitrogens with zero attached hydrogens (tertiary/aromatic N) is 7. The van der Waals surface area contributed by atoms with Crippen molar-refractivity contribution < 1.29 is 4.79 Å². The van der Waals surface area contributed by atoms with Crippen molar-refractivity contribution >= 4 is 5.91 Å². The molecule has 0 N–H and O–H groups in total. The molecule has 0 radical (unpaired) electrons. The summed E-state index contributed by atoms with van der Waals surface area (Å²) in [5, 5.41) is 13.2. The lowest BCUT2D eigenvalue weighted by Crippen LogP contribution is -2.41. The van der Waals surface area contributed by atoms with Crippen molar-refractivity contribution in [3.05, 3.63) is 29.6 Å². The van der Waals surface area contributed by atoms with E-state index in [4.69, 9.17) is 0 Å². The molecule has 4 heterocycles. The Balaban J connectivity index is 1.41. The minimum absolute atomic E-state index is 0.131. The molecular weight excluding hydrogens is 342 g/mol. The van der Waals surface area contributed by atoms with Crippen molar-refractivity contribution in [1.29, 1.82) is 0 Å². The van der Waals surface area contributed by atoms with Crippen LogP contribution >= 0.6 is 0 Å². The summed E-state index contributed by atoms with van der Waals surface area (Å²) in [6.07, 6.45) is 6.35. The largest absolute Gasteiger partial charge is 0.340 e. The number of carbonyl (C=O) groups is 1. The van der Waals surface area contributed by atoms with Gasteiger partial charge >= 0.3 is 0 Å². The first-order valence-corrected chi connectivity index (χ1v) is 9.98. The van der Waals surface area contributed by atoms with Crippen LogP contribution in [0.25, 0.3) is 0 Å². The average Bonchev–Trinajstić information content (AvgIpc) is 3.40. The van der Waals surface area contributed by atoms with Gasteiger partial charge in [-0.3, -0.25) is 14.4 Å². The third-order valence-corrected chi connectivity index (χ3v) is 5.92. The first-order valence-electron chi connectivity index (χ1n) is 9.98. The van der Waals surface area contributed by atoms with Crippen molar-refractivity contribution in [1.82, 2.24) is 34.3 Å². The molecule has 8 heteroatoms. The fourth-order valence-corrected chi connectivity index (χ4v) is 4.22. The fraction of sp³-hybridized carbons (Fsp3) is 0.684. The standard InChI is InChI=1S/C19H29N7O/c1-15-7-8-20-26(15)14-18(27)25-11-5-6-16(12-25)19-22-21-17(23(19)2)13-24-9-3-4-10-24/h7-8,16H,3-6,9-14H2,1-2H3/t16-/m1/s1. The smallest absolute Gasteiger partial charge is 0.244 e. The summed E-state index contributed by atoms with van der Waals surface area (Å²) in [6.45, 7) is 6.99. The van der Waals surface area contributed by atoms with Gasteiger partial charge in [0.1, 0.15) is 18.2 Å². The summed E-state index contributed by atoms with van der Waals surface area (Å²) in [5.74, 6) is 2.43. The van der Waals surface area contributed by atoms with Crippen LogP contribution in [0.4, 0.5) is 0 Å². The maximum absolute atomic E-state index is 12.7. The number of hydrogen-bond donors (Lipinski definition) is 0. The molecule has 0 saturated carbocycles. The molecular formula is C19H29N7O. The van der Waals surface area contributed by atoms with E-state index in [1.165, 1.54) is 12.8 Å². The summed E-state index contributed by atoms with van der Waals surface area (Å²) in [7, 11) is 2.06. The molecule has 2 fully saturated rings. The Morgan fingerprint density at radius 2 is 2.00 bits per heavy atom. The van der Waals surface area contributed by atoms with Crippen molar-refractivity contribution in [2.45, 2.75) is 51.6 Å². The summed E-state index contributed by atoms with van der Waals surface area (Å²) in [5.41, 5.74) is 1.01. The predicted molar refractivity (Wildman–Crippen MR) is 101 cm³/mol. The maximum atomic E-state index is 12.7. The number of aryl methyl sites for hydroxylation is 1. The molecule has 0 unspecified atom stereocenters. The lowest BCUT2D eigenvalue weighted by molar-refractivity contribution is -0.133. The first kappa shape index (κ1) is 18.2. The van der Waals surface area contributed by atoms with Gasteiger partial charge in [-0.25, -0.2) is 0 Å². The Hall–Kier alpha value is -2.22. The second-order valence-corrected chi connectivity index (χ2v) is 7.83. The molecule has 2 aliphatic heterocycles. The molecule has 8 nitrogen and oxygen atoms in total. The number of aromatic nitrogens is 5. The van der Waals surface area contributed by atoms with E-state index in [-0.39, 0.29) is 11.8 Å². The number of likely N-dealkylation sites (tertiary alicyclic amines) is 2. The Morgan fingerprint density at radius 3 is 2.74 bits per heavy atom. The minimum atomic E-state index is 0.131. The first-order chi connectivity index (χ1) is 13.1. The number of hydrogen-bond acceptors (Lipinski definition) is 5. The topological polar surface area (TPSA) is 72.1 Å². The van der Waals surface area contributed by atoms with Crippen LogP contribution in [-0.4, -0.2) is 66.4 Å². The Labute approximate surface area is 160 Å². The van der Waals surface area contributed by atoms with Gasteiger partial charge in [-0.2, -0.15) is 5.10 Å². The summed E-state index contributed by atoms with van der Waals surface area (Å²) < 4.78 is 3.91. The van der Waals surface area contributed by atoms with Gasteiger partial charge < -0.3 is 9.47 Å². The van der Waals surface area contributed by atoms with Gasteiger partial charge in [-0.1, -0.05) is 0 Å². The van der Waals surface area contributed by atoms with E-state index >= 15 is 0 Å². The summed E-state index contributed by atoms with van der Waals surface area (Å²) in [4.78, 5) is 17.1. The van der Waals surface area contributed by atoms with Crippen LogP contribution in [0.2, 0.25) is 0 Å². The van der Waals surface area contributed by atoms with Gasteiger partial charge in [0.25, 0.3) is 0 Å². The minimum Gasteiger partial charge on any atom is -0.340 e. The third-order valence-electron chi connectivity index (χ3n) is 5.92. The van der Waals surface area contributed by atoms with Crippen molar-refractivity contribution in [2.24, 2.45) is 7.05 Å². The molecule has 0 bridgehead atoms. The van der Waals surface area contributed by atoms with Crippen molar-refractivity contribution in [3.63, 3.8) is 0 Å². The molecule has 2 aromatic heterocycles. The highest BCUT2D eigenvalue weighted by Gasteiger charge is 2.29. The van der Waals surface area contributed by atoms with E-state index in [9.17, 15) is 4.79 Å². The van der Waals surface area contributed by atoms with E-state index in [1.807, 2.05) is 17.9 Å². The van der Waals surface area contributed by atoms with E-state index < -0.39 is 0 Å².